The van der Waals surface area contributed by atoms with Crippen molar-refractivity contribution >= 4 is 26.0 Å². The smallest absolute Gasteiger partial charge is 0.176 e. The quantitative estimate of drug-likeness (QED) is 0.784. The van der Waals surface area contributed by atoms with Crippen molar-refractivity contribution in [3.63, 3.8) is 0 Å². The Bertz CT molecular complexity index is 392. The lowest BCUT2D eigenvalue weighted by Crippen LogP contribution is -2.10. The third kappa shape index (κ3) is 4.56. The second kappa shape index (κ2) is 5.71. The molecule has 16 heavy (non-hydrogen) atoms. The van der Waals surface area contributed by atoms with Crippen molar-refractivity contribution in [1.29, 1.82) is 5.26 Å². The second-order valence-electron chi connectivity index (χ2n) is 4.31. The van der Waals surface area contributed by atoms with E-state index < -0.39 is 10.0 Å². The van der Waals surface area contributed by atoms with Gasteiger partial charge in [-0.1, -0.05) is 0 Å². The van der Waals surface area contributed by atoms with Gasteiger partial charge in [0.15, 0.2) is 5.69 Å². The summed E-state index contributed by atoms with van der Waals surface area (Å²) in [6.45, 7) is 1.13. The van der Waals surface area contributed by atoms with E-state index in [1.54, 1.807) is 10.9 Å². The van der Waals surface area contributed by atoms with Crippen molar-refractivity contribution in [2.75, 3.05) is 31.1 Å². The number of halogens is 1. The van der Waals surface area contributed by atoms with Crippen LogP contribution in [0.4, 0.5) is 0 Å². The highest BCUT2D eigenvalue weighted by Gasteiger charge is 2.06. The van der Waals surface area contributed by atoms with Crippen molar-refractivity contribution in [2.45, 2.75) is 6.73 Å². The van der Waals surface area contributed by atoms with E-state index in [9.17, 15) is 0 Å². The Hall–Kier alpha value is -0.510. The van der Waals surface area contributed by atoms with Crippen LogP contribution in [-0.4, -0.2) is 40.9 Å². The number of nitriles is 1. The Morgan fingerprint density at radius 2 is 2.25 bits per heavy atom. The summed E-state index contributed by atoms with van der Waals surface area (Å²) in [6, 6.07) is 2.00. The molecule has 0 aliphatic rings. The highest BCUT2D eigenvalue weighted by molar-refractivity contribution is 9.10. The Morgan fingerprint density at radius 3 is 2.75 bits per heavy atom. The predicted octanol–water partition coefficient (Wildman–Crippen LogP) is 2.19. The van der Waals surface area contributed by atoms with Crippen LogP contribution in [0.1, 0.15) is 5.69 Å². The van der Waals surface area contributed by atoms with Gasteiger partial charge in [0.2, 0.25) is 0 Å². The van der Waals surface area contributed by atoms with Crippen LogP contribution >= 0.6 is 26.0 Å². The van der Waals surface area contributed by atoms with E-state index in [4.69, 9.17) is 10.00 Å². The third-order valence-electron chi connectivity index (χ3n) is 1.89. The highest BCUT2D eigenvalue weighted by atomic mass is 79.9. The van der Waals surface area contributed by atoms with E-state index >= 15 is 0 Å². The van der Waals surface area contributed by atoms with Crippen molar-refractivity contribution in [1.82, 2.24) is 9.78 Å². The maximum atomic E-state index is 8.72. The first-order valence-electron chi connectivity index (χ1n) is 4.79. The fraction of sp³-hybridized carbons (Fsp3) is 0.600. The van der Waals surface area contributed by atoms with Gasteiger partial charge in [-0.3, -0.25) is 0 Å². The first-order valence-corrected chi connectivity index (χ1v) is 8.61. The van der Waals surface area contributed by atoms with E-state index in [1.807, 2.05) is 6.07 Å². The predicted molar refractivity (Wildman–Crippen MR) is 70.8 cm³/mol. The van der Waals surface area contributed by atoms with Crippen LogP contribution in [0.2, 0.25) is 0 Å². The minimum atomic E-state index is -0.502. The van der Waals surface area contributed by atoms with Gasteiger partial charge in [0.05, 0.1) is 11.1 Å². The van der Waals surface area contributed by atoms with Crippen LogP contribution in [0.3, 0.4) is 0 Å². The summed E-state index contributed by atoms with van der Waals surface area (Å²) in [7, 11) is -0.502. The zero-order valence-corrected chi connectivity index (χ0v) is 12.1. The molecule has 0 aromatic carbocycles. The monoisotopic (exact) mass is 305 g/mol. The van der Waals surface area contributed by atoms with Gasteiger partial charge in [-0.15, -0.1) is 0 Å². The molecular weight excluding hydrogens is 290 g/mol. The zero-order chi connectivity index (χ0) is 12.2. The fourth-order valence-electron chi connectivity index (χ4n) is 1.01. The Morgan fingerprint density at radius 1 is 1.56 bits per heavy atom. The molecule has 1 rings (SSSR count). The van der Waals surface area contributed by atoms with Crippen molar-refractivity contribution in [3.05, 3.63) is 16.4 Å². The normalized spacial score (nSPS) is 12.4. The summed E-state index contributed by atoms with van der Waals surface area (Å²) in [5, 5.41) is 12.8. The molecule has 0 aliphatic carbocycles. The number of nitrogens with zero attached hydrogens (tertiary/aromatic N) is 3. The van der Waals surface area contributed by atoms with E-state index in [0.717, 1.165) is 12.4 Å². The summed E-state index contributed by atoms with van der Waals surface area (Å²) >= 11 is 3.26. The molecule has 1 heterocycles. The number of hydrogen-bond acceptors (Lipinski definition) is 3. The number of rotatable bonds is 5. The molecule has 0 N–H and O–H groups in total. The molecule has 1 aromatic rings. The van der Waals surface area contributed by atoms with Crippen LogP contribution in [0.15, 0.2) is 10.7 Å². The number of hydrogen-bond donors (Lipinski definition) is 0. The average molecular weight is 306 g/mol. The van der Waals surface area contributed by atoms with Gasteiger partial charge in [0.1, 0.15) is 12.8 Å². The second-order valence-corrected chi connectivity index (χ2v) is 9.75. The van der Waals surface area contributed by atoms with Gasteiger partial charge in [0, 0.05) is 11.9 Å². The molecular formula is C10H16BrN3OS. The van der Waals surface area contributed by atoms with Gasteiger partial charge in [-0.05, 0) is 34.7 Å². The standard InChI is InChI=1S/C10H16BrN3OS/c1-16(2,3)5-4-15-8-14-7-9(11)10(6-12)13-14/h7H,4-5,8H2,1-3H3. The molecule has 4 nitrogen and oxygen atoms in total. The average Bonchev–Trinajstić information content (AvgIpc) is 2.52. The van der Waals surface area contributed by atoms with E-state index in [-0.39, 0.29) is 0 Å². The summed E-state index contributed by atoms with van der Waals surface area (Å²) < 4.78 is 7.83. The zero-order valence-electron chi connectivity index (χ0n) is 9.73. The maximum Gasteiger partial charge on any atom is 0.176 e. The summed E-state index contributed by atoms with van der Waals surface area (Å²) in [4.78, 5) is 0. The number of aromatic nitrogens is 2. The summed E-state index contributed by atoms with van der Waals surface area (Å²) in [5.74, 6) is 1.08. The lowest BCUT2D eigenvalue weighted by atomic mass is 10.5. The van der Waals surface area contributed by atoms with Crippen molar-refractivity contribution in [3.8, 4) is 6.07 Å². The SMILES string of the molecule is CS(C)(C)CCOCn1cc(Br)c(C#N)n1. The van der Waals surface area contributed by atoms with Gasteiger partial charge in [-0.25, -0.2) is 14.7 Å². The Labute approximate surface area is 106 Å². The molecule has 0 saturated carbocycles. The Balaban J connectivity index is 2.36. The topological polar surface area (TPSA) is 50.8 Å². The van der Waals surface area contributed by atoms with Crippen molar-refractivity contribution < 1.29 is 4.74 Å². The molecule has 0 radical (unpaired) electrons. The van der Waals surface area contributed by atoms with Crippen molar-refractivity contribution in [2.24, 2.45) is 0 Å². The summed E-state index contributed by atoms with van der Waals surface area (Å²) in [5.41, 5.74) is 0.394. The van der Waals surface area contributed by atoms with E-state index in [0.29, 0.717) is 16.9 Å². The fourth-order valence-corrected chi connectivity index (χ4v) is 2.03. The molecule has 0 bridgehead atoms. The lowest BCUT2D eigenvalue weighted by Gasteiger charge is -2.24. The molecule has 0 unspecified atom stereocenters. The Kier molecular flexibility index (Phi) is 4.84. The van der Waals surface area contributed by atoms with Gasteiger partial charge in [0.25, 0.3) is 0 Å². The lowest BCUT2D eigenvalue weighted by molar-refractivity contribution is 0.0808. The molecule has 6 heteroatoms. The third-order valence-corrected chi connectivity index (χ3v) is 3.86. The molecule has 0 amide bonds. The highest BCUT2D eigenvalue weighted by Crippen LogP contribution is 2.33. The maximum absolute atomic E-state index is 8.72. The van der Waals surface area contributed by atoms with Crippen LogP contribution < -0.4 is 0 Å². The van der Waals surface area contributed by atoms with E-state index in [2.05, 4.69) is 39.8 Å². The number of ether oxygens (including phenoxy) is 1. The largest absolute Gasteiger partial charge is 0.358 e. The molecule has 90 valence electrons. The van der Waals surface area contributed by atoms with Crippen LogP contribution in [0.25, 0.3) is 0 Å². The minimum absolute atomic E-state index is 0.394. The van der Waals surface area contributed by atoms with Crippen LogP contribution in [0, 0.1) is 11.3 Å². The van der Waals surface area contributed by atoms with Gasteiger partial charge in [-0.2, -0.15) is 10.4 Å². The first-order chi connectivity index (χ1) is 7.42. The molecule has 1 aromatic heterocycles. The summed E-state index contributed by atoms with van der Waals surface area (Å²) in [6.07, 6.45) is 8.53. The molecule has 0 fully saturated rings. The minimum Gasteiger partial charge on any atom is -0.358 e. The first kappa shape index (κ1) is 13.6. The van der Waals surface area contributed by atoms with Crippen LogP contribution in [-0.2, 0) is 11.5 Å². The molecule has 0 spiro atoms. The van der Waals surface area contributed by atoms with Crippen LogP contribution in [0.5, 0.6) is 0 Å². The molecule has 0 aliphatic heterocycles. The molecule has 0 atom stereocenters. The van der Waals surface area contributed by atoms with Gasteiger partial charge >= 0.3 is 0 Å². The molecule has 0 saturated heterocycles. The van der Waals surface area contributed by atoms with Gasteiger partial charge < -0.3 is 4.74 Å². The van der Waals surface area contributed by atoms with E-state index in [1.165, 1.54) is 0 Å².